The van der Waals surface area contributed by atoms with Gasteiger partial charge in [-0.25, -0.2) is 19.6 Å². The van der Waals surface area contributed by atoms with Gasteiger partial charge in [0.1, 0.15) is 18.0 Å². The molecule has 5 aromatic rings. The highest BCUT2D eigenvalue weighted by atomic mass is 15.3. The number of benzene rings is 2. The number of nitrogens with one attached hydrogen (secondary N) is 1. The van der Waals surface area contributed by atoms with Crippen molar-refractivity contribution in [2.75, 3.05) is 11.9 Å². The number of aryl methyl sites for hydroxylation is 1. The topological polar surface area (TPSA) is 73.5 Å². The van der Waals surface area contributed by atoms with Gasteiger partial charge >= 0.3 is 0 Å². The lowest BCUT2D eigenvalue weighted by Crippen LogP contribution is -2.11. The van der Waals surface area contributed by atoms with Gasteiger partial charge in [0.05, 0.1) is 28.3 Å². The molecule has 2 aromatic carbocycles. The zero-order chi connectivity index (χ0) is 19.6. The van der Waals surface area contributed by atoms with E-state index in [4.69, 9.17) is 4.98 Å². The van der Waals surface area contributed by atoms with E-state index < -0.39 is 0 Å². The fraction of sp³-hybridized carbons (Fsp3) is 0.182. The maximum absolute atomic E-state index is 4.79. The van der Waals surface area contributed by atoms with Crippen LogP contribution in [0.25, 0.3) is 27.8 Å². The molecule has 0 amide bonds. The van der Waals surface area contributed by atoms with Crippen LogP contribution in [0.3, 0.4) is 0 Å². The van der Waals surface area contributed by atoms with Crippen LogP contribution in [-0.4, -0.2) is 35.8 Å². The van der Waals surface area contributed by atoms with Crippen LogP contribution in [0.2, 0.25) is 0 Å². The van der Waals surface area contributed by atoms with Crippen LogP contribution in [0, 0.1) is 0 Å². The van der Waals surface area contributed by atoms with E-state index in [0.717, 1.165) is 53.4 Å². The van der Waals surface area contributed by atoms with E-state index in [9.17, 15) is 0 Å². The maximum atomic E-state index is 4.79. The highest BCUT2D eigenvalue weighted by Crippen LogP contribution is 2.22. The van der Waals surface area contributed by atoms with Crippen LogP contribution in [0.4, 0.5) is 5.82 Å². The monoisotopic (exact) mass is 383 g/mol. The number of nitrogens with zero attached hydrogens (tertiary/aromatic N) is 6. The second kappa shape index (κ2) is 7.35. The third kappa shape index (κ3) is 3.10. The van der Waals surface area contributed by atoms with Gasteiger partial charge in [-0.15, -0.1) is 0 Å². The normalized spacial score (nSPS) is 11.3. The Bertz CT molecular complexity index is 1270. The Labute approximate surface area is 168 Å². The van der Waals surface area contributed by atoms with Crippen molar-refractivity contribution in [2.24, 2.45) is 0 Å². The Morgan fingerprint density at radius 3 is 2.66 bits per heavy atom. The molecule has 0 saturated heterocycles. The summed E-state index contributed by atoms with van der Waals surface area (Å²) >= 11 is 0. The Hall–Kier alpha value is -3.74. The fourth-order valence-corrected chi connectivity index (χ4v) is 3.70. The van der Waals surface area contributed by atoms with Crippen LogP contribution in [0.15, 0.2) is 67.1 Å². The summed E-state index contributed by atoms with van der Waals surface area (Å²) in [4.78, 5) is 13.7. The summed E-state index contributed by atoms with van der Waals surface area (Å²) in [5.41, 5.74) is 3.98. The van der Waals surface area contributed by atoms with E-state index in [1.165, 1.54) is 5.52 Å². The number of fused-ring (bicyclic) bond motifs is 2. The van der Waals surface area contributed by atoms with E-state index in [1.807, 2.05) is 47.3 Å². The maximum Gasteiger partial charge on any atom is 0.168 e. The minimum absolute atomic E-state index is 0.728. The second-order valence-electron chi connectivity index (χ2n) is 6.79. The van der Waals surface area contributed by atoms with Gasteiger partial charge in [0.15, 0.2) is 5.65 Å². The Balaban J connectivity index is 1.39. The molecule has 0 atom stereocenters. The molecule has 0 radical (unpaired) electrons. The number of anilines is 1. The van der Waals surface area contributed by atoms with E-state index >= 15 is 0 Å². The summed E-state index contributed by atoms with van der Waals surface area (Å²) in [6.45, 7) is 3.78. The van der Waals surface area contributed by atoms with Crippen molar-refractivity contribution in [3.05, 3.63) is 72.9 Å². The SMILES string of the molecule is CCn1c(CCNc2ncnc3c2cnn3-c2ccccc2)nc2ccccc21. The number of hydrogen-bond acceptors (Lipinski definition) is 5. The van der Waals surface area contributed by atoms with Crippen molar-refractivity contribution < 1.29 is 0 Å². The van der Waals surface area contributed by atoms with E-state index in [1.54, 1.807) is 6.33 Å². The lowest BCUT2D eigenvalue weighted by molar-refractivity contribution is 0.717. The lowest BCUT2D eigenvalue weighted by atomic mass is 10.3. The van der Waals surface area contributed by atoms with Crippen LogP contribution in [0.1, 0.15) is 12.7 Å². The van der Waals surface area contributed by atoms with Gasteiger partial charge in [-0.05, 0) is 31.2 Å². The van der Waals surface area contributed by atoms with Crippen molar-refractivity contribution >= 4 is 27.9 Å². The standard InChI is InChI=1S/C22H21N7/c1-2-28-19-11-7-6-10-18(19)27-20(28)12-13-23-21-17-14-26-29(22(17)25-15-24-21)16-8-4-3-5-9-16/h3-11,14-15H,2,12-13H2,1H3,(H,23,24,25). The molecule has 0 unspecified atom stereocenters. The first kappa shape index (κ1) is 17.4. The molecule has 3 heterocycles. The molecule has 0 saturated carbocycles. The Kier molecular flexibility index (Phi) is 4.40. The first-order valence-electron chi connectivity index (χ1n) is 9.77. The fourth-order valence-electron chi connectivity index (χ4n) is 3.70. The smallest absolute Gasteiger partial charge is 0.168 e. The van der Waals surface area contributed by atoms with Gasteiger partial charge in [-0.2, -0.15) is 5.10 Å². The van der Waals surface area contributed by atoms with Crippen molar-refractivity contribution in [3.8, 4) is 5.69 Å². The molecule has 0 aliphatic rings. The van der Waals surface area contributed by atoms with Crippen LogP contribution >= 0.6 is 0 Å². The molecular weight excluding hydrogens is 362 g/mol. The largest absolute Gasteiger partial charge is 0.369 e. The predicted molar refractivity (Wildman–Crippen MR) is 114 cm³/mol. The highest BCUT2D eigenvalue weighted by Gasteiger charge is 2.12. The summed E-state index contributed by atoms with van der Waals surface area (Å²) in [6.07, 6.45) is 4.19. The molecule has 0 bridgehead atoms. The molecule has 0 fully saturated rings. The molecule has 0 spiro atoms. The molecule has 0 aliphatic heterocycles. The van der Waals surface area contributed by atoms with E-state index in [2.05, 4.69) is 50.1 Å². The van der Waals surface area contributed by atoms with Crippen molar-refractivity contribution in [1.29, 1.82) is 0 Å². The van der Waals surface area contributed by atoms with Crippen LogP contribution < -0.4 is 5.32 Å². The average Bonchev–Trinajstić information content (AvgIpc) is 3.36. The summed E-state index contributed by atoms with van der Waals surface area (Å²) < 4.78 is 4.10. The summed E-state index contributed by atoms with van der Waals surface area (Å²) in [7, 11) is 0. The number of aromatic nitrogens is 6. The van der Waals surface area contributed by atoms with Gasteiger partial charge in [0, 0.05) is 19.5 Å². The number of imidazole rings is 1. The van der Waals surface area contributed by atoms with Gasteiger partial charge in [-0.1, -0.05) is 30.3 Å². The van der Waals surface area contributed by atoms with Gasteiger partial charge < -0.3 is 9.88 Å². The van der Waals surface area contributed by atoms with Crippen molar-refractivity contribution in [1.82, 2.24) is 29.3 Å². The minimum Gasteiger partial charge on any atom is -0.369 e. The van der Waals surface area contributed by atoms with Gasteiger partial charge in [0.25, 0.3) is 0 Å². The molecule has 144 valence electrons. The molecule has 7 nitrogen and oxygen atoms in total. The van der Waals surface area contributed by atoms with Crippen LogP contribution in [0.5, 0.6) is 0 Å². The zero-order valence-electron chi connectivity index (χ0n) is 16.2. The third-order valence-corrected chi connectivity index (χ3v) is 5.06. The van der Waals surface area contributed by atoms with Crippen molar-refractivity contribution in [3.63, 3.8) is 0 Å². The molecule has 5 rings (SSSR count). The molecule has 3 aromatic heterocycles. The second-order valence-corrected chi connectivity index (χ2v) is 6.79. The molecule has 1 N–H and O–H groups in total. The predicted octanol–water partition coefficient (Wildman–Crippen LogP) is 3.84. The summed E-state index contributed by atoms with van der Waals surface area (Å²) in [6, 6.07) is 18.2. The quantitative estimate of drug-likeness (QED) is 0.482. The highest BCUT2D eigenvalue weighted by molar-refractivity contribution is 5.87. The van der Waals surface area contributed by atoms with Crippen LogP contribution in [-0.2, 0) is 13.0 Å². The molecule has 29 heavy (non-hydrogen) atoms. The summed E-state index contributed by atoms with van der Waals surface area (Å²) in [5, 5.41) is 8.85. The first-order valence-corrected chi connectivity index (χ1v) is 9.77. The molecular formula is C22H21N7. The van der Waals surface area contributed by atoms with E-state index in [-0.39, 0.29) is 0 Å². The number of hydrogen-bond donors (Lipinski definition) is 1. The van der Waals surface area contributed by atoms with E-state index in [0.29, 0.717) is 0 Å². The Morgan fingerprint density at radius 1 is 0.966 bits per heavy atom. The average molecular weight is 383 g/mol. The molecule has 0 aliphatic carbocycles. The zero-order valence-corrected chi connectivity index (χ0v) is 16.2. The Morgan fingerprint density at radius 2 is 1.79 bits per heavy atom. The third-order valence-electron chi connectivity index (χ3n) is 5.06. The lowest BCUT2D eigenvalue weighted by Gasteiger charge is -2.08. The summed E-state index contributed by atoms with van der Waals surface area (Å²) in [5.74, 6) is 1.86. The number of rotatable bonds is 6. The van der Waals surface area contributed by atoms with Gasteiger partial charge in [0.2, 0.25) is 0 Å². The first-order chi connectivity index (χ1) is 14.3. The minimum atomic E-state index is 0.728. The number of para-hydroxylation sites is 3. The molecule has 7 heteroatoms. The van der Waals surface area contributed by atoms with Gasteiger partial charge in [-0.3, -0.25) is 0 Å². The van der Waals surface area contributed by atoms with Crippen molar-refractivity contribution in [2.45, 2.75) is 19.9 Å².